The van der Waals surface area contributed by atoms with Crippen LogP contribution >= 0.6 is 0 Å². The van der Waals surface area contributed by atoms with Crippen molar-refractivity contribution in [1.82, 2.24) is 14.5 Å². The number of nitrogens with one attached hydrogen (secondary N) is 1. The van der Waals surface area contributed by atoms with Crippen molar-refractivity contribution < 1.29 is 0 Å². The first-order valence-corrected chi connectivity index (χ1v) is 5.46. The lowest BCUT2D eigenvalue weighted by atomic mass is 10.1. The molecule has 16 heavy (non-hydrogen) atoms. The summed E-state index contributed by atoms with van der Waals surface area (Å²) in [6.45, 7) is 2.91. The lowest BCUT2D eigenvalue weighted by Crippen LogP contribution is -2.07. The average molecular weight is 216 g/mol. The van der Waals surface area contributed by atoms with Crippen LogP contribution in [0.2, 0.25) is 0 Å². The Kier molecular flexibility index (Phi) is 3.19. The Balaban J connectivity index is 2.26. The summed E-state index contributed by atoms with van der Waals surface area (Å²) < 4.78 is 2.06. The van der Waals surface area contributed by atoms with Gasteiger partial charge in [0.1, 0.15) is 0 Å². The van der Waals surface area contributed by atoms with Crippen LogP contribution in [0.25, 0.3) is 0 Å². The number of pyridine rings is 1. The second kappa shape index (κ2) is 4.79. The van der Waals surface area contributed by atoms with Crippen LogP contribution in [-0.4, -0.2) is 21.6 Å². The van der Waals surface area contributed by atoms with Crippen molar-refractivity contribution in [3.05, 3.63) is 42.0 Å². The Hall–Kier alpha value is -1.84. The average Bonchev–Trinajstić information content (AvgIpc) is 2.77. The predicted octanol–water partition coefficient (Wildman–Crippen LogP) is 1.93. The van der Waals surface area contributed by atoms with Gasteiger partial charge in [-0.2, -0.15) is 0 Å². The minimum Gasteiger partial charge on any atom is -0.359 e. The fourth-order valence-corrected chi connectivity index (χ4v) is 1.76. The van der Waals surface area contributed by atoms with Crippen molar-refractivity contribution in [2.45, 2.75) is 19.9 Å². The molecule has 0 bridgehead atoms. The van der Waals surface area contributed by atoms with Crippen LogP contribution in [0.5, 0.6) is 0 Å². The van der Waals surface area contributed by atoms with Crippen LogP contribution in [0.1, 0.15) is 18.2 Å². The summed E-state index contributed by atoms with van der Waals surface area (Å²) in [5.41, 5.74) is 2.40. The van der Waals surface area contributed by atoms with Crippen molar-refractivity contribution in [1.29, 1.82) is 0 Å². The summed E-state index contributed by atoms with van der Waals surface area (Å²) in [5, 5.41) is 3.06. The van der Waals surface area contributed by atoms with Crippen LogP contribution in [-0.2, 0) is 13.0 Å². The largest absolute Gasteiger partial charge is 0.359 e. The fourth-order valence-electron chi connectivity index (χ4n) is 1.76. The molecule has 0 aliphatic rings. The van der Waals surface area contributed by atoms with E-state index >= 15 is 0 Å². The van der Waals surface area contributed by atoms with E-state index in [2.05, 4.69) is 32.8 Å². The number of aromatic nitrogens is 3. The summed E-state index contributed by atoms with van der Waals surface area (Å²) in [5.74, 6) is 0.868. The van der Waals surface area contributed by atoms with E-state index in [1.807, 2.05) is 25.5 Å². The third-order valence-corrected chi connectivity index (χ3v) is 2.62. The van der Waals surface area contributed by atoms with Crippen molar-refractivity contribution in [2.24, 2.45) is 0 Å². The highest BCUT2D eigenvalue weighted by molar-refractivity contribution is 5.27. The molecule has 2 heterocycles. The third kappa shape index (κ3) is 2.05. The number of hydrogen-bond acceptors (Lipinski definition) is 3. The highest BCUT2D eigenvalue weighted by atomic mass is 15.2. The molecule has 1 N–H and O–H groups in total. The first-order valence-electron chi connectivity index (χ1n) is 5.46. The van der Waals surface area contributed by atoms with Gasteiger partial charge in [0.05, 0.1) is 12.2 Å². The van der Waals surface area contributed by atoms with E-state index in [4.69, 9.17) is 0 Å². The molecule has 0 aliphatic heterocycles. The molecule has 2 rings (SSSR count). The first-order chi connectivity index (χ1) is 7.85. The lowest BCUT2D eigenvalue weighted by molar-refractivity contribution is 0.767. The van der Waals surface area contributed by atoms with Gasteiger partial charge in [-0.05, 0) is 18.1 Å². The topological polar surface area (TPSA) is 42.7 Å². The molecule has 0 atom stereocenters. The van der Waals surface area contributed by atoms with Crippen LogP contribution in [0.4, 0.5) is 5.95 Å². The second-order valence-corrected chi connectivity index (χ2v) is 3.59. The van der Waals surface area contributed by atoms with Crippen LogP contribution < -0.4 is 5.32 Å². The van der Waals surface area contributed by atoms with Crippen LogP contribution in [0, 0.1) is 0 Å². The minimum atomic E-state index is 0.764. The molecule has 0 unspecified atom stereocenters. The van der Waals surface area contributed by atoms with Crippen molar-refractivity contribution >= 4 is 5.95 Å². The van der Waals surface area contributed by atoms with Gasteiger partial charge in [-0.3, -0.25) is 4.98 Å². The van der Waals surface area contributed by atoms with Crippen molar-refractivity contribution in [3.63, 3.8) is 0 Å². The summed E-state index contributed by atoms with van der Waals surface area (Å²) in [7, 11) is 1.87. The maximum atomic E-state index is 4.42. The van der Waals surface area contributed by atoms with E-state index in [0.29, 0.717) is 0 Å². The zero-order valence-corrected chi connectivity index (χ0v) is 9.64. The van der Waals surface area contributed by atoms with Gasteiger partial charge in [-0.15, -0.1) is 0 Å². The quantitative estimate of drug-likeness (QED) is 0.849. The molecule has 0 radical (unpaired) electrons. The number of imidazole rings is 1. The highest BCUT2D eigenvalue weighted by Crippen LogP contribution is 2.11. The number of hydrogen-bond donors (Lipinski definition) is 1. The number of aryl methyl sites for hydroxylation is 1. The summed E-state index contributed by atoms with van der Waals surface area (Å²) in [4.78, 5) is 8.63. The SMILES string of the molecule is CCc1cccnc1Cn1ccnc1NC. The highest BCUT2D eigenvalue weighted by Gasteiger charge is 2.05. The molecule has 0 saturated carbocycles. The molecule has 0 fully saturated rings. The summed E-state index contributed by atoms with van der Waals surface area (Å²) in [6, 6.07) is 4.10. The number of nitrogens with zero attached hydrogens (tertiary/aromatic N) is 3. The smallest absolute Gasteiger partial charge is 0.202 e. The Labute approximate surface area is 95.4 Å². The van der Waals surface area contributed by atoms with E-state index in [9.17, 15) is 0 Å². The Bertz CT molecular complexity index is 462. The molecule has 84 valence electrons. The van der Waals surface area contributed by atoms with E-state index < -0.39 is 0 Å². The summed E-state index contributed by atoms with van der Waals surface area (Å²) >= 11 is 0. The maximum Gasteiger partial charge on any atom is 0.202 e. The molecule has 2 aromatic rings. The summed E-state index contributed by atoms with van der Waals surface area (Å²) in [6.07, 6.45) is 6.59. The zero-order valence-electron chi connectivity index (χ0n) is 9.64. The molecule has 0 aliphatic carbocycles. The van der Waals surface area contributed by atoms with Gasteiger partial charge in [-0.1, -0.05) is 13.0 Å². The van der Waals surface area contributed by atoms with Gasteiger partial charge in [-0.25, -0.2) is 4.98 Å². The Morgan fingerprint density at radius 1 is 1.31 bits per heavy atom. The molecule has 4 nitrogen and oxygen atoms in total. The first kappa shape index (κ1) is 10.7. The molecule has 0 amide bonds. The van der Waals surface area contributed by atoms with E-state index in [-0.39, 0.29) is 0 Å². The maximum absolute atomic E-state index is 4.42. The fraction of sp³-hybridized carbons (Fsp3) is 0.333. The van der Waals surface area contributed by atoms with E-state index in [1.54, 1.807) is 6.20 Å². The molecule has 2 aromatic heterocycles. The number of rotatable bonds is 4. The van der Waals surface area contributed by atoms with Gasteiger partial charge >= 0.3 is 0 Å². The predicted molar refractivity (Wildman–Crippen MR) is 64.5 cm³/mol. The number of anilines is 1. The van der Waals surface area contributed by atoms with Gasteiger partial charge in [0.2, 0.25) is 5.95 Å². The molecule has 0 aromatic carbocycles. The normalized spacial score (nSPS) is 10.4. The monoisotopic (exact) mass is 216 g/mol. The van der Waals surface area contributed by atoms with Crippen LogP contribution in [0.3, 0.4) is 0 Å². The lowest BCUT2D eigenvalue weighted by Gasteiger charge is -2.09. The van der Waals surface area contributed by atoms with Crippen molar-refractivity contribution in [2.75, 3.05) is 12.4 Å². The molecular weight excluding hydrogens is 200 g/mol. The molecule has 0 spiro atoms. The minimum absolute atomic E-state index is 0.764. The van der Waals surface area contributed by atoms with Gasteiger partial charge in [0.25, 0.3) is 0 Å². The second-order valence-electron chi connectivity index (χ2n) is 3.59. The van der Waals surface area contributed by atoms with Gasteiger partial charge in [0.15, 0.2) is 0 Å². The van der Waals surface area contributed by atoms with E-state index in [1.165, 1.54) is 5.56 Å². The Morgan fingerprint density at radius 2 is 2.19 bits per heavy atom. The van der Waals surface area contributed by atoms with Gasteiger partial charge in [0, 0.05) is 25.6 Å². The molecule has 4 heteroatoms. The third-order valence-electron chi connectivity index (χ3n) is 2.62. The molecular formula is C12H16N4. The van der Waals surface area contributed by atoms with Crippen molar-refractivity contribution in [3.8, 4) is 0 Å². The molecule has 0 saturated heterocycles. The Morgan fingerprint density at radius 3 is 2.94 bits per heavy atom. The zero-order chi connectivity index (χ0) is 11.4. The van der Waals surface area contributed by atoms with E-state index in [0.717, 1.165) is 24.6 Å². The standard InChI is InChI=1S/C12H16N4/c1-3-10-5-4-6-14-11(10)9-16-8-7-15-12(16)13-2/h4-8H,3,9H2,1-2H3,(H,13,15). The van der Waals surface area contributed by atoms with Gasteiger partial charge < -0.3 is 9.88 Å². The van der Waals surface area contributed by atoms with Crippen LogP contribution in [0.15, 0.2) is 30.7 Å².